The van der Waals surface area contributed by atoms with Gasteiger partial charge in [-0.3, -0.25) is 0 Å². The van der Waals surface area contributed by atoms with Crippen LogP contribution in [0.1, 0.15) is 5.56 Å². The summed E-state index contributed by atoms with van der Waals surface area (Å²) in [5, 5.41) is 3.07. The van der Waals surface area contributed by atoms with Gasteiger partial charge in [-0.15, -0.1) is 0 Å². The molecule has 6 nitrogen and oxygen atoms in total. The molecular formula is C18H19N5O. The van der Waals surface area contributed by atoms with Gasteiger partial charge >= 0.3 is 0 Å². The molecule has 0 aliphatic rings. The molecule has 122 valence electrons. The van der Waals surface area contributed by atoms with Crippen molar-refractivity contribution in [2.45, 2.75) is 6.54 Å². The SMILES string of the molecule is COc1ccccc1NC(N)=NCc1ccccc1-n1ccnc1. The summed E-state index contributed by atoms with van der Waals surface area (Å²) >= 11 is 0. The number of rotatable bonds is 5. The Bertz CT molecular complexity index is 827. The first-order valence-electron chi connectivity index (χ1n) is 7.54. The molecule has 0 amide bonds. The van der Waals surface area contributed by atoms with Crippen molar-refractivity contribution in [3.8, 4) is 11.4 Å². The second kappa shape index (κ2) is 7.32. The van der Waals surface area contributed by atoms with Crippen molar-refractivity contribution in [2.75, 3.05) is 12.4 Å². The lowest BCUT2D eigenvalue weighted by Crippen LogP contribution is -2.23. The average molecular weight is 321 g/mol. The van der Waals surface area contributed by atoms with Crippen molar-refractivity contribution in [3.05, 3.63) is 72.8 Å². The van der Waals surface area contributed by atoms with Gasteiger partial charge in [0, 0.05) is 12.4 Å². The summed E-state index contributed by atoms with van der Waals surface area (Å²) in [6, 6.07) is 15.6. The van der Waals surface area contributed by atoms with Crippen molar-refractivity contribution < 1.29 is 4.74 Å². The molecule has 0 radical (unpaired) electrons. The molecule has 0 aliphatic heterocycles. The van der Waals surface area contributed by atoms with Crippen LogP contribution >= 0.6 is 0 Å². The van der Waals surface area contributed by atoms with Gasteiger partial charge in [0.25, 0.3) is 0 Å². The first-order valence-corrected chi connectivity index (χ1v) is 7.54. The summed E-state index contributed by atoms with van der Waals surface area (Å²) in [6.45, 7) is 0.461. The molecule has 0 fully saturated rings. The molecular weight excluding hydrogens is 302 g/mol. The summed E-state index contributed by atoms with van der Waals surface area (Å²) in [5.41, 5.74) is 8.88. The van der Waals surface area contributed by atoms with Gasteiger partial charge in [0.1, 0.15) is 5.75 Å². The van der Waals surface area contributed by atoms with Crippen LogP contribution in [0.3, 0.4) is 0 Å². The van der Waals surface area contributed by atoms with Crippen LogP contribution in [0.5, 0.6) is 5.75 Å². The van der Waals surface area contributed by atoms with Gasteiger partial charge in [-0.2, -0.15) is 0 Å². The van der Waals surface area contributed by atoms with Gasteiger partial charge < -0.3 is 20.4 Å². The molecule has 24 heavy (non-hydrogen) atoms. The lowest BCUT2D eigenvalue weighted by Gasteiger charge is -2.11. The van der Waals surface area contributed by atoms with E-state index < -0.39 is 0 Å². The third-order valence-corrected chi connectivity index (χ3v) is 3.56. The Labute approximate surface area is 140 Å². The molecule has 0 bridgehead atoms. The maximum Gasteiger partial charge on any atom is 0.193 e. The molecule has 0 aliphatic carbocycles. The lowest BCUT2D eigenvalue weighted by atomic mass is 10.2. The zero-order chi connectivity index (χ0) is 16.8. The lowest BCUT2D eigenvalue weighted by molar-refractivity contribution is 0.417. The van der Waals surface area contributed by atoms with Crippen LogP contribution in [0.2, 0.25) is 0 Å². The number of aromatic nitrogens is 2. The Morgan fingerprint density at radius 1 is 1.21 bits per heavy atom. The molecule has 0 atom stereocenters. The smallest absolute Gasteiger partial charge is 0.193 e. The monoisotopic (exact) mass is 321 g/mol. The molecule has 1 heterocycles. The number of imidazole rings is 1. The summed E-state index contributed by atoms with van der Waals surface area (Å²) in [4.78, 5) is 8.52. The summed E-state index contributed by atoms with van der Waals surface area (Å²) in [6.07, 6.45) is 5.41. The first-order chi connectivity index (χ1) is 11.8. The first kappa shape index (κ1) is 15.6. The van der Waals surface area contributed by atoms with Gasteiger partial charge in [-0.05, 0) is 23.8 Å². The van der Waals surface area contributed by atoms with E-state index >= 15 is 0 Å². The number of hydrogen-bond acceptors (Lipinski definition) is 3. The maximum absolute atomic E-state index is 6.01. The number of aliphatic imine (C=N–C) groups is 1. The molecule has 3 N–H and O–H groups in total. The number of para-hydroxylation sites is 3. The van der Waals surface area contributed by atoms with Crippen LogP contribution in [0.4, 0.5) is 5.69 Å². The Hall–Kier alpha value is -3.28. The minimum atomic E-state index is 0.333. The highest BCUT2D eigenvalue weighted by Crippen LogP contribution is 2.22. The minimum Gasteiger partial charge on any atom is -0.495 e. The molecule has 3 rings (SSSR count). The largest absolute Gasteiger partial charge is 0.495 e. The van der Waals surface area contributed by atoms with Crippen molar-refractivity contribution >= 4 is 11.6 Å². The zero-order valence-electron chi connectivity index (χ0n) is 13.4. The van der Waals surface area contributed by atoms with E-state index in [1.165, 1.54) is 0 Å². The summed E-state index contributed by atoms with van der Waals surface area (Å²) < 4.78 is 7.25. The third kappa shape index (κ3) is 3.55. The van der Waals surface area contributed by atoms with Gasteiger partial charge in [0.05, 0.1) is 31.4 Å². The normalized spacial score (nSPS) is 11.3. The highest BCUT2D eigenvalue weighted by atomic mass is 16.5. The molecule has 6 heteroatoms. The van der Waals surface area contributed by atoms with Crippen LogP contribution in [0, 0.1) is 0 Å². The number of benzene rings is 2. The van der Waals surface area contributed by atoms with Crippen LogP contribution in [0.25, 0.3) is 5.69 Å². The maximum atomic E-state index is 6.01. The van der Waals surface area contributed by atoms with Gasteiger partial charge in [0.15, 0.2) is 5.96 Å². The molecule has 2 aromatic carbocycles. The fraction of sp³-hybridized carbons (Fsp3) is 0.111. The van der Waals surface area contributed by atoms with E-state index in [1.807, 2.05) is 59.3 Å². The van der Waals surface area contributed by atoms with Crippen molar-refractivity contribution in [1.82, 2.24) is 9.55 Å². The highest BCUT2D eigenvalue weighted by molar-refractivity contribution is 5.93. The van der Waals surface area contributed by atoms with Crippen LogP contribution in [-0.2, 0) is 6.54 Å². The topological polar surface area (TPSA) is 77.5 Å². The Morgan fingerprint density at radius 2 is 2.00 bits per heavy atom. The van der Waals surface area contributed by atoms with E-state index in [1.54, 1.807) is 19.6 Å². The van der Waals surface area contributed by atoms with E-state index in [-0.39, 0.29) is 0 Å². The second-order valence-electron chi connectivity index (χ2n) is 5.13. The second-order valence-corrected chi connectivity index (χ2v) is 5.13. The van der Waals surface area contributed by atoms with Crippen LogP contribution in [-0.4, -0.2) is 22.6 Å². The van der Waals surface area contributed by atoms with E-state index in [2.05, 4.69) is 15.3 Å². The van der Waals surface area contributed by atoms with E-state index in [9.17, 15) is 0 Å². The fourth-order valence-electron chi connectivity index (χ4n) is 2.39. The van der Waals surface area contributed by atoms with Crippen molar-refractivity contribution in [2.24, 2.45) is 10.7 Å². The highest BCUT2D eigenvalue weighted by Gasteiger charge is 2.05. The predicted octanol–water partition coefficient (Wildman–Crippen LogP) is 2.81. The number of methoxy groups -OCH3 is 1. The standard InChI is InChI=1S/C18H19N5O/c1-24-17-9-5-3-7-15(17)22-18(19)21-12-14-6-2-4-8-16(14)23-11-10-20-13-23/h2-11,13H,12H2,1H3,(H3,19,21,22). The molecule has 0 spiro atoms. The molecule has 0 saturated heterocycles. The van der Waals surface area contributed by atoms with Crippen LogP contribution in [0.15, 0.2) is 72.2 Å². The zero-order valence-corrected chi connectivity index (χ0v) is 13.4. The Kier molecular flexibility index (Phi) is 4.76. The van der Waals surface area contributed by atoms with Gasteiger partial charge in [-0.25, -0.2) is 9.98 Å². The summed E-state index contributed by atoms with van der Waals surface area (Å²) in [5.74, 6) is 1.05. The molecule has 1 aromatic heterocycles. The number of hydrogen-bond donors (Lipinski definition) is 2. The number of guanidine groups is 1. The number of nitrogens with zero attached hydrogens (tertiary/aromatic N) is 3. The van der Waals surface area contributed by atoms with Gasteiger partial charge in [-0.1, -0.05) is 30.3 Å². The Morgan fingerprint density at radius 3 is 2.79 bits per heavy atom. The number of ether oxygens (including phenoxy) is 1. The minimum absolute atomic E-state index is 0.333. The molecule has 0 saturated carbocycles. The molecule has 3 aromatic rings. The van der Waals surface area contributed by atoms with E-state index in [4.69, 9.17) is 10.5 Å². The number of nitrogens with one attached hydrogen (secondary N) is 1. The third-order valence-electron chi connectivity index (χ3n) is 3.56. The van der Waals surface area contributed by atoms with E-state index in [0.717, 1.165) is 22.7 Å². The van der Waals surface area contributed by atoms with E-state index in [0.29, 0.717) is 12.5 Å². The Balaban J connectivity index is 1.76. The fourth-order valence-corrected chi connectivity index (χ4v) is 2.39. The van der Waals surface area contributed by atoms with Crippen molar-refractivity contribution in [3.63, 3.8) is 0 Å². The average Bonchev–Trinajstić information content (AvgIpc) is 3.15. The predicted molar refractivity (Wildman–Crippen MR) is 95.5 cm³/mol. The summed E-state index contributed by atoms with van der Waals surface area (Å²) in [7, 11) is 1.62. The van der Waals surface area contributed by atoms with Crippen molar-refractivity contribution in [1.29, 1.82) is 0 Å². The van der Waals surface area contributed by atoms with Gasteiger partial charge in [0.2, 0.25) is 0 Å². The molecule has 0 unspecified atom stereocenters. The quantitative estimate of drug-likeness (QED) is 0.559. The number of nitrogens with two attached hydrogens (primary N) is 1. The number of anilines is 1. The van der Waals surface area contributed by atoms with Crippen LogP contribution < -0.4 is 15.8 Å².